The second-order valence-corrected chi connectivity index (χ2v) is 4.14. The van der Waals surface area contributed by atoms with Gasteiger partial charge < -0.3 is 10.3 Å². The van der Waals surface area contributed by atoms with E-state index in [0.717, 1.165) is 22.3 Å². The molecule has 17 heavy (non-hydrogen) atoms. The molecule has 0 fully saturated rings. The third kappa shape index (κ3) is 1.47. The highest BCUT2D eigenvalue weighted by Gasteiger charge is 2.07. The van der Waals surface area contributed by atoms with Crippen LogP contribution in [-0.4, -0.2) is 19.3 Å². The molecular weight excluding hydrogens is 214 g/mol. The Morgan fingerprint density at radius 3 is 2.71 bits per heavy atom. The molecule has 5 heteroatoms. The highest BCUT2D eigenvalue weighted by molar-refractivity contribution is 5.81. The number of hydrogen-bond acceptors (Lipinski definition) is 3. The van der Waals surface area contributed by atoms with Crippen LogP contribution in [0.4, 0.5) is 5.82 Å². The Kier molecular flexibility index (Phi) is 1.95. The maximum absolute atomic E-state index is 5.78. The van der Waals surface area contributed by atoms with Crippen molar-refractivity contribution in [1.29, 1.82) is 0 Å². The van der Waals surface area contributed by atoms with Crippen molar-refractivity contribution >= 4 is 16.9 Å². The second-order valence-electron chi connectivity index (χ2n) is 4.14. The van der Waals surface area contributed by atoms with Gasteiger partial charge in [0.1, 0.15) is 5.82 Å². The molecular formula is C12H13N5. The van der Waals surface area contributed by atoms with Gasteiger partial charge in [0.05, 0.1) is 23.1 Å². The Balaban J connectivity index is 2.20. The molecule has 3 aromatic rings. The summed E-state index contributed by atoms with van der Waals surface area (Å²) < 4.78 is 3.66. The van der Waals surface area contributed by atoms with E-state index in [1.165, 1.54) is 0 Å². The van der Waals surface area contributed by atoms with Crippen molar-refractivity contribution in [2.24, 2.45) is 14.1 Å². The molecule has 0 unspecified atom stereocenters. The van der Waals surface area contributed by atoms with Gasteiger partial charge in [-0.2, -0.15) is 5.10 Å². The van der Waals surface area contributed by atoms with Crippen molar-refractivity contribution in [2.75, 3.05) is 5.73 Å². The Morgan fingerprint density at radius 1 is 1.18 bits per heavy atom. The summed E-state index contributed by atoms with van der Waals surface area (Å²) in [5.74, 6) is 0.658. The lowest BCUT2D eigenvalue weighted by Crippen LogP contribution is -1.96. The van der Waals surface area contributed by atoms with Crippen molar-refractivity contribution < 1.29 is 0 Å². The normalized spacial score (nSPS) is 11.2. The van der Waals surface area contributed by atoms with Gasteiger partial charge in [-0.1, -0.05) is 6.07 Å². The molecule has 0 spiro atoms. The molecule has 86 valence electrons. The van der Waals surface area contributed by atoms with E-state index in [-0.39, 0.29) is 0 Å². The van der Waals surface area contributed by atoms with E-state index >= 15 is 0 Å². The van der Waals surface area contributed by atoms with Crippen LogP contribution in [0.5, 0.6) is 0 Å². The minimum atomic E-state index is 0.658. The molecule has 1 aromatic carbocycles. The Hall–Kier alpha value is -2.30. The molecule has 0 aliphatic rings. The van der Waals surface area contributed by atoms with Gasteiger partial charge in [0, 0.05) is 25.7 Å². The van der Waals surface area contributed by atoms with Crippen LogP contribution in [-0.2, 0) is 14.1 Å². The van der Waals surface area contributed by atoms with Crippen LogP contribution in [0.3, 0.4) is 0 Å². The zero-order valence-electron chi connectivity index (χ0n) is 9.75. The number of aryl methyl sites for hydroxylation is 2. The molecule has 0 aliphatic carbocycles. The van der Waals surface area contributed by atoms with Gasteiger partial charge in [0.25, 0.3) is 0 Å². The number of nitrogen functional groups attached to an aromatic ring is 1. The Bertz CT molecular complexity index is 673. The van der Waals surface area contributed by atoms with Gasteiger partial charge in [-0.25, -0.2) is 4.98 Å². The number of nitrogens with two attached hydrogens (primary N) is 1. The van der Waals surface area contributed by atoms with Crippen molar-refractivity contribution in [1.82, 2.24) is 19.3 Å². The Morgan fingerprint density at radius 2 is 2.00 bits per heavy atom. The van der Waals surface area contributed by atoms with Crippen LogP contribution in [0, 0.1) is 0 Å². The summed E-state index contributed by atoms with van der Waals surface area (Å²) in [6, 6.07) is 7.95. The molecule has 0 aliphatic heterocycles. The SMILES string of the molecule is Cn1nc(-c2ccc3ncn(C)c3c2)cc1N. The molecule has 0 bridgehead atoms. The molecule has 0 saturated carbocycles. The van der Waals surface area contributed by atoms with Crippen LogP contribution in [0.2, 0.25) is 0 Å². The first-order valence-corrected chi connectivity index (χ1v) is 5.36. The number of benzene rings is 1. The van der Waals surface area contributed by atoms with Crippen LogP contribution < -0.4 is 5.73 Å². The zero-order valence-corrected chi connectivity index (χ0v) is 9.75. The van der Waals surface area contributed by atoms with Gasteiger partial charge in [-0.3, -0.25) is 4.68 Å². The zero-order chi connectivity index (χ0) is 12.0. The molecule has 5 nitrogen and oxygen atoms in total. The van der Waals surface area contributed by atoms with E-state index in [9.17, 15) is 0 Å². The number of fused-ring (bicyclic) bond motifs is 1. The number of nitrogens with zero attached hydrogens (tertiary/aromatic N) is 4. The summed E-state index contributed by atoms with van der Waals surface area (Å²) in [6.07, 6.45) is 1.81. The summed E-state index contributed by atoms with van der Waals surface area (Å²) in [5, 5.41) is 4.36. The third-order valence-corrected chi connectivity index (χ3v) is 2.94. The summed E-state index contributed by atoms with van der Waals surface area (Å²) in [5.41, 5.74) is 9.79. The third-order valence-electron chi connectivity index (χ3n) is 2.94. The van der Waals surface area contributed by atoms with Gasteiger partial charge in [-0.15, -0.1) is 0 Å². The number of imidazole rings is 1. The standard InChI is InChI=1S/C12H13N5/c1-16-7-14-9-4-3-8(5-11(9)16)10-6-12(13)17(2)15-10/h3-7H,13H2,1-2H3. The fourth-order valence-electron chi connectivity index (χ4n) is 1.91. The van der Waals surface area contributed by atoms with Gasteiger partial charge >= 0.3 is 0 Å². The van der Waals surface area contributed by atoms with E-state index in [0.29, 0.717) is 5.82 Å². The monoisotopic (exact) mass is 227 g/mol. The predicted octanol–water partition coefficient (Wildman–Crippen LogP) is 1.56. The van der Waals surface area contributed by atoms with Gasteiger partial charge in [0.2, 0.25) is 0 Å². The van der Waals surface area contributed by atoms with E-state index in [1.807, 2.05) is 36.9 Å². The lowest BCUT2D eigenvalue weighted by Gasteiger charge is -1.98. The average molecular weight is 227 g/mol. The minimum absolute atomic E-state index is 0.658. The van der Waals surface area contributed by atoms with Crippen molar-refractivity contribution in [3.05, 3.63) is 30.6 Å². The topological polar surface area (TPSA) is 61.7 Å². The van der Waals surface area contributed by atoms with Crippen LogP contribution in [0.15, 0.2) is 30.6 Å². The Labute approximate surface area is 98.5 Å². The van der Waals surface area contributed by atoms with Crippen LogP contribution in [0.25, 0.3) is 22.3 Å². The van der Waals surface area contributed by atoms with Crippen LogP contribution in [0.1, 0.15) is 0 Å². The maximum atomic E-state index is 5.78. The molecule has 0 radical (unpaired) electrons. The van der Waals surface area contributed by atoms with Crippen molar-refractivity contribution in [2.45, 2.75) is 0 Å². The summed E-state index contributed by atoms with van der Waals surface area (Å²) in [4.78, 5) is 4.29. The molecule has 3 rings (SSSR count). The first-order chi connectivity index (χ1) is 8.15. The fraction of sp³-hybridized carbons (Fsp3) is 0.167. The van der Waals surface area contributed by atoms with E-state index in [1.54, 1.807) is 11.0 Å². The molecule has 2 N–H and O–H groups in total. The van der Waals surface area contributed by atoms with Crippen molar-refractivity contribution in [3.8, 4) is 11.3 Å². The van der Waals surface area contributed by atoms with E-state index < -0.39 is 0 Å². The number of rotatable bonds is 1. The summed E-state index contributed by atoms with van der Waals surface area (Å²) in [6.45, 7) is 0. The second kappa shape index (κ2) is 3.35. The van der Waals surface area contributed by atoms with Crippen molar-refractivity contribution in [3.63, 3.8) is 0 Å². The van der Waals surface area contributed by atoms with E-state index in [4.69, 9.17) is 5.73 Å². The average Bonchev–Trinajstić information content (AvgIpc) is 2.84. The largest absolute Gasteiger partial charge is 0.384 e. The maximum Gasteiger partial charge on any atom is 0.121 e. The fourth-order valence-corrected chi connectivity index (χ4v) is 1.91. The van der Waals surface area contributed by atoms with Gasteiger partial charge in [-0.05, 0) is 12.1 Å². The first kappa shape index (κ1) is 9.89. The number of anilines is 1. The smallest absolute Gasteiger partial charge is 0.121 e. The molecule has 2 heterocycles. The highest BCUT2D eigenvalue weighted by atomic mass is 15.3. The van der Waals surface area contributed by atoms with Gasteiger partial charge in [0.15, 0.2) is 0 Å². The summed E-state index contributed by atoms with van der Waals surface area (Å²) >= 11 is 0. The predicted molar refractivity (Wildman–Crippen MR) is 67.3 cm³/mol. The number of hydrogen-bond donors (Lipinski definition) is 1. The molecule has 0 amide bonds. The molecule has 0 saturated heterocycles. The lowest BCUT2D eigenvalue weighted by molar-refractivity contribution is 0.782. The van der Waals surface area contributed by atoms with Crippen LogP contribution >= 0.6 is 0 Å². The summed E-state index contributed by atoms with van der Waals surface area (Å²) in [7, 11) is 3.81. The highest BCUT2D eigenvalue weighted by Crippen LogP contribution is 2.23. The molecule has 2 aromatic heterocycles. The van der Waals surface area contributed by atoms with E-state index in [2.05, 4.69) is 16.1 Å². The first-order valence-electron chi connectivity index (χ1n) is 5.36. The lowest BCUT2D eigenvalue weighted by atomic mass is 10.1. The quantitative estimate of drug-likeness (QED) is 0.686. The number of aromatic nitrogens is 4. The minimum Gasteiger partial charge on any atom is -0.384 e. The molecule has 0 atom stereocenters.